The molecule has 132 valence electrons. The van der Waals surface area contributed by atoms with E-state index in [2.05, 4.69) is 4.98 Å². The Morgan fingerprint density at radius 3 is 2.46 bits per heavy atom. The van der Waals surface area contributed by atoms with Crippen molar-refractivity contribution in [2.75, 3.05) is 6.54 Å². The number of nitrogens with zero attached hydrogens (tertiary/aromatic N) is 2. The molecule has 6 nitrogen and oxygen atoms in total. The summed E-state index contributed by atoms with van der Waals surface area (Å²) in [4.78, 5) is 42.3. The highest BCUT2D eigenvalue weighted by atomic mass is 16.5. The Morgan fingerprint density at radius 1 is 1.04 bits per heavy atom. The Kier molecular flexibility index (Phi) is 4.24. The van der Waals surface area contributed by atoms with Crippen LogP contribution in [0.15, 0.2) is 48.6 Å². The van der Waals surface area contributed by atoms with E-state index in [9.17, 15) is 14.4 Å². The molecule has 2 aromatic rings. The Morgan fingerprint density at radius 2 is 1.73 bits per heavy atom. The van der Waals surface area contributed by atoms with Crippen LogP contribution in [0.4, 0.5) is 0 Å². The average Bonchev–Trinajstić information content (AvgIpc) is 2.91. The molecule has 1 fully saturated rings. The second-order valence-corrected chi connectivity index (χ2v) is 6.57. The Bertz CT molecular complexity index is 895. The number of amides is 2. The van der Waals surface area contributed by atoms with Gasteiger partial charge in [-0.15, -0.1) is 0 Å². The molecule has 0 spiro atoms. The summed E-state index contributed by atoms with van der Waals surface area (Å²) in [5.74, 6) is -1.81. The maximum absolute atomic E-state index is 12.4. The minimum atomic E-state index is -0.603. The van der Waals surface area contributed by atoms with Crippen LogP contribution in [0.1, 0.15) is 18.5 Å². The van der Waals surface area contributed by atoms with Gasteiger partial charge in [0.25, 0.3) is 0 Å². The van der Waals surface area contributed by atoms with E-state index in [1.807, 2.05) is 42.5 Å². The topological polar surface area (TPSA) is 76.6 Å². The predicted molar refractivity (Wildman–Crippen MR) is 93.6 cm³/mol. The van der Waals surface area contributed by atoms with E-state index in [0.29, 0.717) is 18.5 Å². The molecule has 1 aliphatic heterocycles. The third kappa shape index (κ3) is 2.98. The second kappa shape index (κ2) is 6.71. The van der Waals surface area contributed by atoms with E-state index < -0.39 is 5.97 Å². The van der Waals surface area contributed by atoms with Gasteiger partial charge in [-0.25, -0.2) is 4.98 Å². The summed E-state index contributed by atoms with van der Waals surface area (Å²) in [5, 5.41) is 1.01. The quantitative estimate of drug-likeness (QED) is 0.480. The largest absolute Gasteiger partial charge is 0.458 e. The molecule has 1 aliphatic carbocycles. The first-order valence-electron chi connectivity index (χ1n) is 8.64. The van der Waals surface area contributed by atoms with Gasteiger partial charge in [-0.3, -0.25) is 19.3 Å². The highest BCUT2D eigenvalue weighted by Crippen LogP contribution is 2.34. The molecule has 0 bridgehead atoms. The van der Waals surface area contributed by atoms with Crippen molar-refractivity contribution in [1.29, 1.82) is 0 Å². The Labute approximate surface area is 150 Å². The van der Waals surface area contributed by atoms with Crippen LogP contribution in [0.25, 0.3) is 10.9 Å². The van der Waals surface area contributed by atoms with Gasteiger partial charge in [0.05, 0.1) is 23.0 Å². The second-order valence-electron chi connectivity index (χ2n) is 6.57. The monoisotopic (exact) mass is 350 g/mol. The minimum absolute atomic E-state index is 0.00824. The van der Waals surface area contributed by atoms with Gasteiger partial charge in [0.15, 0.2) is 0 Å². The minimum Gasteiger partial charge on any atom is -0.458 e. The fourth-order valence-corrected chi connectivity index (χ4v) is 3.54. The first-order chi connectivity index (χ1) is 12.6. The molecule has 2 amide bonds. The molecule has 2 heterocycles. The number of carbonyl (C=O) groups is 3. The predicted octanol–water partition coefficient (Wildman–Crippen LogP) is 2.23. The molecule has 4 rings (SSSR count). The third-order valence-electron chi connectivity index (χ3n) is 4.92. The molecule has 0 saturated carbocycles. The summed E-state index contributed by atoms with van der Waals surface area (Å²) in [5.41, 5.74) is 1.44. The van der Waals surface area contributed by atoms with Gasteiger partial charge in [0.1, 0.15) is 13.2 Å². The van der Waals surface area contributed by atoms with Gasteiger partial charge in [-0.2, -0.15) is 0 Å². The highest BCUT2D eigenvalue weighted by molar-refractivity contribution is 6.07. The normalized spacial score (nSPS) is 21.9. The third-order valence-corrected chi connectivity index (χ3v) is 4.92. The van der Waals surface area contributed by atoms with Crippen molar-refractivity contribution in [2.24, 2.45) is 11.8 Å². The number of rotatable bonds is 4. The average molecular weight is 350 g/mol. The van der Waals surface area contributed by atoms with E-state index in [4.69, 9.17) is 4.74 Å². The van der Waals surface area contributed by atoms with Crippen LogP contribution in [0.5, 0.6) is 0 Å². The van der Waals surface area contributed by atoms with Gasteiger partial charge in [-0.1, -0.05) is 36.4 Å². The number of hydrogen-bond donors (Lipinski definition) is 0. The maximum atomic E-state index is 12.4. The number of esters is 1. The van der Waals surface area contributed by atoms with Crippen molar-refractivity contribution >= 4 is 28.7 Å². The lowest BCUT2D eigenvalue weighted by Gasteiger charge is -2.14. The molecule has 0 N–H and O–H groups in total. The number of likely N-dealkylation sites (tertiary alicyclic amines) is 1. The lowest BCUT2D eigenvalue weighted by atomic mass is 9.85. The van der Waals surface area contributed by atoms with Crippen molar-refractivity contribution in [1.82, 2.24) is 9.88 Å². The van der Waals surface area contributed by atoms with E-state index >= 15 is 0 Å². The summed E-state index contributed by atoms with van der Waals surface area (Å²) >= 11 is 0. The van der Waals surface area contributed by atoms with Gasteiger partial charge in [-0.05, 0) is 25.0 Å². The number of ether oxygens (including phenoxy) is 1. The number of pyridine rings is 1. The van der Waals surface area contributed by atoms with Gasteiger partial charge in [0.2, 0.25) is 11.8 Å². The molecule has 26 heavy (non-hydrogen) atoms. The SMILES string of the molecule is O=C(CN1C(=O)[C@@H]2CC=CC[C@H]2C1=O)OCc1ccc2ccccc2n1. The highest BCUT2D eigenvalue weighted by Gasteiger charge is 2.47. The van der Waals surface area contributed by atoms with E-state index in [0.717, 1.165) is 15.8 Å². The number of aromatic nitrogens is 1. The van der Waals surface area contributed by atoms with Crippen LogP contribution < -0.4 is 0 Å². The van der Waals surface area contributed by atoms with Crippen LogP contribution in [-0.4, -0.2) is 34.2 Å². The molecular formula is C20H18N2O4. The molecule has 6 heteroatoms. The molecule has 1 saturated heterocycles. The summed E-state index contributed by atoms with van der Waals surface area (Å²) in [6.07, 6.45) is 4.95. The number of hydrogen-bond acceptors (Lipinski definition) is 5. The van der Waals surface area contributed by atoms with Crippen molar-refractivity contribution < 1.29 is 19.1 Å². The van der Waals surface area contributed by atoms with Crippen molar-refractivity contribution in [3.05, 3.63) is 54.2 Å². The van der Waals surface area contributed by atoms with Crippen molar-refractivity contribution in [3.63, 3.8) is 0 Å². The van der Waals surface area contributed by atoms with Gasteiger partial charge in [0, 0.05) is 5.39 Å². The standard InChI is InChI=1S/C20H18N2O4/c23-18(11-22-19(24)15-6-2-3-7-16(15)20(22)25)26-12-14-10-9-13-5-1-4-8-17(13)21-14/h1-5,8-10,15-16H,6-7,11-12H2/t15-,16-/m1/s1. The molecular weight excluding hydrogens is 332 g/mol. The zero-order valence-corrected chi connectivity index (χ0v) is 14.1. The molecule has 1 aromatic carbocycles. The zero-order valence-electron chi connectivity index (χ0n) is 14.1. The lowest BCUT2D eigenvalue weighted by Crippen LogP contribution is -2.36. The number of para-hydroxylation sites is 1. The number of carbonyl (C=O) groups excluding carboxylic acids is 3. The molecule has 2 atom stereocenters. The van der Waals surface area contributed by atoms with Crippen LogP contribution in [0.2, 0.25) is 0 Å². The summed E-state index contributed by atoms with van der Waals surface area (Å²) in [6.45, 7) is -0.327. The van der Waals surface area contributed by atoms with Crippen LogP contribution in [0, 0.1) is 11.8 Å². The molecule has 0 unspecified atom stereocenters. The first kappa shape index (κ1) is 16.4. The summed E-state index contributed by atoms with van der Waals surface area (Å²) < 4.78 is 5.23. The van der Waals surface area contributed by atoms with Crippen LogP contribution >= 0.6 is 0 Å². The van der Waals surface area contributed by atoms with E-state index in [1.165, 1.54) is 0 Å². The van der Waals surface area contributed by atoms with Crippen molar-refractivity contribution in [2.45, 2.75) is 19.4 Å². The van der Waals surface area contributed by atoms with Gasteiger partial charge < -0.3 is 4.74 Å². The van der Waals surface area contributed by atoms with E-state index in [1.54, 1.807) is 6.07 Å². The fourth-order valence-electron chi connectivity index (χ4n) is 3.54. The smallest absolute Gasteiger partial charge is 0.326 e. The number of fused-ring (bicyclic) bond motifs is 2. The Balaban J connectivity index is 1.38. The first-order valence-corrected chi connectivity index (χ1v) is 8.64. The summed E-state index contributed by atoms with van der Waals surface area (Å²) in [6, 6.07) is 11.4. The zero-order chi connectivity index (χ0) is 18.1. The summed E-state index contributed by atoms with van der Waals surface area (Å²) in [7, 11) is 0. The maximum Gasteiger partial charge on any atom is 0.326 e. The number of allylic oxidation sites excluding steroid dienone is 2. The molecule has 1 aromatic heterocycles. The van der Waals surface area contributed by atoms with E-state index in [-0.39, 0.29) is 36.8 Å². The number of imide groups is 1. The van der Waals surface area contributed by atoms with Crippen molar-refractivity contribution in [3.8, 4) is 0 Å². The van der Waals surface area contributed by atoms with Gasteiger partial charge >= 0.3 is 5.97 Å². The molecule has 2 aliphatic rings. The number of benzene rings is 1. The Hall–Kier alpha value is -3.02. The van der Waals surface area contributed by atoms with Crippen LogP contribution in [-0.2, 0) is 25.7 Å². The molecule has 0 radical (unpaired) electrons. The van der Waals surface area contributed by atoms with Crippen LogP contribution in [0.3, 0.4) is 0 Å². The fraction of sp³-hybridized carbons (Fsp3) is 0.300. The lowest BCUT2D eigenvalue weighted by molar-refractivity contribution is -0.153.